The lowest BCUT2D eigenvalue weighted by Gasteiger charge is -2.19. The summed E-state index contributed by atoms with van der Waals surface area (Å²) >= 11 is 6.08. The summed E-state index contributed by atoms with van der Waals surface area (Å²) in [6.07, 6.45) is -0.585. The smallest absolute Gasteiger partial charge is 0.138 e. The molecule has 1 N–H and O–H groups in total. The Morgan fingerprint density at radius 1 is 1.35 bits per heavy atom. The quantitative estimate of drug-likeness (QED) is 0.890. The van der Waals surface area contributed by atoms with Crippen LogP contribution in [0.3, 0.4) is 0 Å². The van der Waals surface area contributed by atoms with Crippen LogP contribution in [0.1, 0.15) is 32.7 Å². The van der Waals surface area contributed by atoms with Crippen LogP contribution < -0.4 is 0 Å². The number of likely N-dealkylation sites (N-methyl/N-ethyl adjacent to an activating group) is 1. The van der Waals surface area contributed by atoms with E-state index in [9.17, 15) is 5.11 Å². The summed E-state index contributed by atoms with van der Waals surface area (Å²) in [6.45, 7) is 9.84. The zero-order valence-corrected chi connectivity index (χ0v) is 13.1. The minimum atomic E-state index is -0.585. The van der Waals surface area contributed by atoms with E-state index < -0.39 is 6.10 Å². The zero-order valence-electron chi connectivity index (χ0n) is 12.3. The monoisotopic (exact) mass is 295 g/mol. The predicted molar refractivity (Wildman–Crippen MR) is 83.2 cm³/mol. The molecule has 0 radical (unpaired) electrons. The average molecular weight is 296 g/mol. The Morgan fingerprint density at radius 2 is 2.05 bits per heavy atom. The van der Waals surface area contributed by atoms with Crippen LogP contribution in [0.5, 0.6) is 0 Å². The number of hydrogen-bond donors (Lipinski definition) is 1. The van der Waals surface area contributed by atoms with Gasteiger partial charge in [-0.05, 0) is 38.2 Å². The highest BCUT2D eigenvalue weighted by atomic mass is 35.5. The molecule has 0 saturated carbocycles. The van der Waals surface area contributed by atoms with Crippen LogP contribution in [0.2, 0.25) is 5.02 Å². The third-order valence-corrected chi connectivity index (χ3v) is 3.88. The fourth-order valence-corrected chi connectivity index (χ4v) is 2.62. The summed E-state index contributed by atoms with van der Waals surface area (Å²) in [5, 5.41) is 10.6. The molecule has 0 saturated heterocycles. The van der Waals surface area contributed by atoms with Crippen molar-refractivity contribution in [2.45, 2.75) is 33.4 Å². The lowest BCUT2D eigenvalue weighted by Crippen LogP contribution is -2.27. The first-order valence-corrected chi connectivity index (χ1v) is 7.50. The van der Waals surface area contributed by atoms with E-state index in [0.29, 0.717) is 10.8 Å². The van der Waals surface area contributed by atoms with Gasteiger partial charge in [0.05, 0.1) is 11.0 Å². The van der Waals surface area contributed by atoms with E-state index in [1.807, 2.05) is 18.2 Å². The van der Waals surface area contributed by atoms with Crippen molar-refractivity contribution in [3.8, 4) is 0 Å². The normalized spacial score (nSPS) is 13.3. The lowest BCUT2D eigenvalue weighted by atomic mass is 10.3. The van der Waals surface area contributed by atoms with Gasteiger partial charge in [-0.1, -0.05) is 25.4 Å². The number of aliphatic hydroxyl groups excluding tert-OH is 1. The topological polar surface area (TPSA) is 41.3 Å². The second kappa shape index (κ2) is 6.57. The number of aromatic nitrogens is 2. The first-order chi connectivity index (χ1) is 9.56. The van der Waals surface area contributed by atoms with Gasteiger partial charge in [-0.25, -0.2) is 4.98 Å². The summed E-state index contributed by atoms with van der Waals surface area (Å²) in [5.41, 5.74) is 1.87. The standard InChI is InChI=1S/C15H22ClN3O/c1-4-18(5-2)8-9-19-14-10-12(16)6-7-13(14)17-15(19)11(3)20/h6-7,10-11,20H,4-5,8-9H2,1-3H3. The number of fused-ring (bicyclic) bond motifs is 1. The molecule has 0 amide bonds. The average Bonchev–Trinajstić information content (AvgIpc) is 2.78. The Morgan fingerprint density at radius 3 is 2.65 bits per heavy atom. The SMILES string of the molecule is CCN(CC)CCn1c(C(C)O)nc2ccc(Cl)cc21. The van der Waals surface area contributed by atoms with E-state index in [1.54, 1.807) is 6.92 Å². The molecule has 2 rings (SSSR count). The fourth-order valence-electron chi connectivity index (χ4n) is 2.45. The van der Waals surface area contributed by atoms with Crippen LogP contribution in [0.15, 0.2) is 18.2 Å². The molecule has 1 aromatic carbocycles. The number of rotatable bonds is 6. The molecule has 1 atom stereocenters. The second-order valence-electron chi connectivity index (χ2n) is 4.96. The highest BCUT2D eigenvalue weighted by Gasteiger charge is 2.15. The molecular weight excluding hydrogens is 274 g/mol. The van der Waals surface area contributed by atoms with Crippen molar-refractivity contribution in [2.24, 2.45) is 0 Å². The summed E-state index contributed by atoms with van der Waals surface area (Å²) in [7, 11) is 0. The molecule has 4 nitrogen and oxygen atoms in total. The minimum Gasteiger partial charge on any atom is -0.385 e. The van der Waals surface area contributed by atoms with Crippen molar-refractivity contribution in [3.63, 3.8) is 0 Å². The maximum absolute atomic E-state index is 9.92. The lowest BCUT2D eigenvalue weighted by molar-refractivity contribution is 0.182. The van der Waals surface area contributed by atoms with E-state index in [4.69, 9.17) is 11.6 Å². The molecule has 1 heterocycles. The Kier molecular flexibility index (Phi) is 5.02. The van der Waals surface area contributed by atoms with E-state index in [2.05, 4.69) is 28.3 Å². The van der Waals surface area contributed by atoms with Crippen LogP contribution in [0, 0.1) is 0 Å². The summed E-state index contributed by atoms with van der Waals surface area (Å²) in [5.74, 6) is 0.703. The van der Waals surface area contributed by atoms with Gasteiger partial charge in [0.1, 0.15) is 11.9 Å². The van der Waals surface area contributed by atoms with Gasteiger partial charge in [-0.3, -0.25) is 0 Å². The molecule has 0 fully saturated rings. The summed E-state index contributed by atoms with van der Waals surface area (Å²) in [4.78, 5) is 6.87. The van der Waals surface area contributed by atoms with Crippen molar-refractivity contribution in [2.75, 3.05) is 19.6 Å². The van der Waals surface area contributed by atoms with Crippen LogP contribution in [0.25, 0.3) is 11.0 Å². The molecular formula is C15H22ClN3O. The van der Waals surface area contributed by atoms with Gasteiger partial charge in [0.15, 0.2) is 0 Å². The first-order valence-electron chi connectivity index (χ1n) is 7.12. The van der Waals surface area contributed by atoms with Crippen LogP contribution >= 0.6 is 11.6 Å². The van der Waals surface area contributed by atoms with Gasteiger partial charge >= 0.3 is 0 Å². The number of benzene rings is 1. The maximum atomic E-state index is 9.92. The zero-order chi connectivity index (χ0) is 14.7. The Balaban J connectivity index is 2.37. The molecule has 20 heavy (non-hydrogen) atoms. The molecule has 0 aliphatic carbocycles. The first kappa shape index (κ1) is 15.3. The summed E-state index contributed by atoms with van der Waals surface area (Å²) < 4.78 is 2.07. The molecule has 1 aromatic heterocycles. The van der Waals surface area contributed by atoms with Gasteiger partial charge in [-0.2, -0.15) is 0 Å². The van der Waals surface area contributed by atoms with Gasteiger partial charge in [0, 0.05) is 18.1 Å². The van der Waals surface area contributed by atoms with Gasteiger partial charge in [-0.15, -0.1) is 0 Å². The number of hydrogen-bond acceptors (Lipinski definition) is 3. The molecule has 5 heteroatoms. The van der Waals surface area contributed by atoms with Gasteiger partial charge in [0.2, 0.25) is 0 Å². The number of nitrogens with zero attached hydrogens (tertiary/aromatic N) is 3. The van der Waals surface area contributed by atoms with E-state index in [-0.39, 0.29) is 0 Å². The Hall–Kier alpha value is -1.10. The fraction of sp³-hybridized carbons (Fsp3) is 0.533. The maximum Gasteiger partial charge on any atom is 0.138 e. The van der Waals surface area contributed by atoms with E-state index in [1.165, 1.54) is 0 Å². The molecule has 0 spiro atoms. The van der Waals surface area contributed by atoms with Crippen molar-refractivity contribution in [1.82, 2.24) is 14.5 Å². The molecule has 1 unspecified atom stereocenters. The highest BCUT2D eigenvalue weighted by Crippen LogP contribution is 2.23. The Labute approximate surface area is 125 Å². The Bertz CT molecular complexity index is 576. The second-order valence-corrected chi connectivity index (χ2v) is 5.39. The van der Waals surface area contributed by atoms with Crippen molar-refractivity contribution in [3.05, 3.63) is 29.0 Å². The largest absolute Gasteiger partial charge is 0.385 e. The molecule has 0 bridgehead atoms. The van der Waals surface area contributed by atoms with Crippen molar-refractivity contribution < 1.29 is 5.11 Å². The van der Waals surface area contributed by atoms with Crippen LogP contribution in [-0.4, -0.2) is 39.2 Å². The highest BCUT2D eigenvalue weighted by molar-refractivity contribution is 6.31. The molecule has 110 valence electrons. The van der Waals surface area contributed by atoms with E-state index in [0.717, 1.165) is 37.2 Å². The third-order valence-electron chi connectivity index (χ3n) is 3.65. The molecule has 0 aliphatic heterocycles. The predicted octanol–water partition coefficient (Wildman–Crippen LogP) is 3.08. The van der Waals surface area contributed by atoms with Gasteiger partial charge in [0.25, 0.3) is 0 Å². The molecule has 0 aliphatic rings. The van der Waals surface area contributed by atoms with Crippen LogP contribution in [-0.2, 0) is 6.54 Å². The number of imidazole rings is 1. The third kappa shape index (κ3) is 3.14. The van der Waals surface area contributed by atoms with Crippen molar-refractivity contribution in [1.29, 1.82) is 0 Å². The van der Waals surface area contributed by atoms with Crippen LogP contribution in [0.4, 0.5) is 0 Å². The number of aliphatic hydroxyl groups is 1. The van der Waals surface area contributed by atoms with Crippen molar-refractivity contribution >= 4 is 22.6 Å². The number of halogens is 1. The van der Waals surface area contributed by atoms with E-state index >= 15 is 0 Å². The molecule has 2 aromatic rings. The van der Waals surface area contributed by atoms with Gasteiger partial charge < -0.3 is 14.6 Å². The summed E-state index contributed by atoms with van der Waals surface area (Å²) in [6, 6.07) is 5.65. The minimum absolute atomic E-state index is 0.585.